The van der Waals surface area contributed by atoms with Crippen LogP contribution in [-0.4, -0.2) is 9.78 Å². The van der Waals surface area contributed by atoms with Gasteiger partial charge < -0.3 is 5.73 Å². The molecule has 1 aromatic heterocycles. The number of hydrogen-bond donors (Lipinski definition) is 1. The van der Waals surface area contributed by atoms with Crippen molar-refractivity contribution in [2.24, 2.45) is 5.92 Å². The van der Waals surface area contributed by atoms with E-state index >= 15 is 0 Å². The minimum Gasteiger partial charge on any atom is -0.382 e. The van der Waals surface area contributed by atoms with Gasteiger partial charge in [0.2, 0.25) is 0 Å². The van der Waals surface area contributed by atoms with Crippen LogP contribution in [0.2, 0.25) is 0 Å². The highest BCUT2D eigenvalue weighted by atomic mass is 16.1. The van der Waals surface area contributed by atoms with E-state index < -0.39 is 0 Å². The molecule has 0 aliphatic rings. The maximum atomic E-state index is 11.3. The monoisotopic (exact) mass is 195 g/mol. The van der Waals surface area contributed by atoms with Gasteiger partial charge in [-0.3, -0.25) is 4.79 Å². The Bertz CT molecular complexity index is 343. The molecular weight excluding hydrogens is 178 g/mol. The van der Waals surface area contributed by atoms with Gasteiger partial charge in [-0.1, -0.05) is 13.8 Å². The Labute approximate surface area is 83.7 Å². The van der Waals surface area contributed by atoms with Gasteiger partial charge in [-0.25, -0.2) is 4.68 Å². The van der Waals surface area contributed by atoms with E-state index in [4.69, 9.17) is 5.73 Å². The minimum atomic E-state index is -0.0806. The van der Waals surface area contributed by atoms with Crippen LogP contribution in [0.3, 0.4) is 0 Å². The van der Waals surface area contributed by atoms with Crippen LogP contribution in [0.15, 0.2) is 16.9 Å². The van der Waals surface area contributed by atoms with Crippen molar-refractivity contribution >= 4 is 5.82 Å². The molecular formula is C10H17N3O. The Morgan fingerprint density at radius 3 is 2.86 bits per heavy atom. The molecule has 0 saturated heterocycles. The first-order chi connectivity index (χ1) is 6.59. The third-order valence-corrected chi connectivity index (χ3v) is 2.04. The average molecular weight is 195 g/mol. The molecule has 0 radical (unpaired) electrons. The molecule has 14 heavy (non-hydrogen) atoms. The first-order valence-electron chi connectivity index (χ1n) is 4.93. The van der Waals surface area contributed by atoms with Gasteiger partial charge in [0.25, 0.3) is 5.56 Å². The smallest absolute Gasteiger partial charge is 0.266 e. The highest BCUT2D eigenvalue weighted by Gasteiger charge is 1.99. The van der Waals surface area contributed by atoms with Crippen molar-refractivity contribution in [3.05, 3.63) is 22.5 Å². The molecule has 1 aromatic rings. The summed E-state index contributed by atoms with van der Waals surface area (Å²) in [5.41, 5.74) is 5.41. The number of nitrogen functional groups attached to an aromatic ring is 1. The summed E-state index contributed by atoms with van der Waals surface area (Å²) in [6, 6.07) is 2.99. The highest BCUT2D eigenvalue weighted by Crippen LogP contribution is 2.03. The zero-order valence-corrected chi connectivity index (χ0v) is 8.73. The van der Waals surface area contributed by atoms with Crippen LogP contribution in [0.1, 0.15) is 26.7 Å². The molecule has 0 aliphatic carbocycles. The van der Waals surface area contributed by atoms with E-state index in [-0.39, 0.29) is 5.56 Å². The van der Waals surface area contributed by atoms with Crippen LogP contribution in [0.25, 0.3) is 0 Å². The van der Waals surface area contributed by atoms with Gasteiger partial charge in [-0.15, -0.1) is 0 Å². The Kier molecular flexibility index (Phi) is 3.68. The number of aromatic nitrogens is 2. The van der Waals surface area contributed by atoms with Crippen molar-refractivity contribution in [3.63, 3.8) is 0 Å². The molecule has 0 fully saturated rings. The standard InChI is InChI=1S/C10H17N3O/c1-8(2)4-3-7-13-10(14)6-5-9(11)12-13/h5-6,8H,3-4,7H2,1-2H3,(H2,11,12). The van der Waals surface area contributed by atoms with Crippen molar-refractivity contribution in [3.8, 4) is 0 Å². The van der Waals surface area contributed by atoms with Crippen molar-refractivity contribution in [1.82, 2.24) is 9.78 Å². The summed E-state index contributed by atoms with van der Waals surface area (Å²) in [5.74, 6) is 1.06. The second-order valence-electron chi connectivity index (χ2n) is 3.86. The molecule has 0 aromatic carbocycles. The summed E-state index contributed by atoms with van der Waals surface area (Å²) >= 11 is 0. The lowest BCUT2D eigenvalue weighted by Crippen LogP contribution is -2.22. The van der Waals surface area contributed by atoms with Gasteiger partial charge in [-0.05, 0) is 24.8 Å². The van der Waals surface area contributed by atoms with E-state index in [2.05, 4.69) is 18.9 Å². The van der Waals surface area contributed by atoms with Crippen molar-refractivity contribution in [1.29, 1.82) is 0 Å². The van der Waals surface area contributed by atoms with Crippen LogP contribution in [0.5, 0.6) is 0 Å². The molecule has 1 heterocycles. The van der Waals surface area contributed by atoms with Gasteiger partial charge in [0.05, 0.1) is 0 Å². The molecule has 0 spiro atoms. The third-order valence-electron chi connectivity index (χ3n) is 2.04. The molecule has 4 heteroatoms. The fraction of sp³-hybridized carbons (Fsp3) is 0.600. The lowest BCUT2D eigenvalue weighted by molar-refractivity contribution is 0.478. The van der Waals surface area contributed by atoms with Crippen LogP contribution < -0.4 is 11.3 Å². The normalized spacial score (nSPS) is 10.8. The topological polar surface area (TPSA) is 60.9 Å². The maximum absolute atomic E-state index is 11.3. The first-order valence-corrected chi connectivity index (χ1v) is 4.93. The van der Waals surface area contributed by atoms with E-state index in [0.29, 0.717) is 18.3 Å². The number of anilines is 1. The number of nitrogens with zero attached hydrogens (tertiary/aromatic N) is 2. The Morgan fingerprint density at radius 2 is 2.21 bits per heavy atom. The zero-order chi connectivity index (χ0) is 10.6. The van der Waals surface area contributed by atoms with Crippen molar-refractivity contribution in [2.45, 2.75) is 33.2 Å². The van der Waals surface area contributed by atoms with E-state index in [1.807, 2.05) is 0 Å². The summed E-state index contributed by atoms with van der Waals surface area (Å²) in [5, 5.41) is 3.95. The van der Waals surface area contributed by atoms with Crippen LogP contribution in [0.4, 0.5) is 5.82 Å². The molecule has 4 nitrogen and oxygen atoms in total. The highest BCUT2D eigenvalue weighted by molar-refractivity contribution is 5.23. The van der Waals surface area contributed by atoms with Crippen LogP contribution >= 0.6 is 0 Å². The summed E-state index contributed by atoms with van der Waals surface area (Å²) in [6.07, 6.45) is 2.07. The molecule has 0 aliphatic heterocycles. The average Bonchev–Trinajstić information content (AvgIpc) is 2.10. The van der Waals surface area contributed by atoms with Crippen molar-refractivity contribution < 1.29 is 0 Å². The molecule has 2 N–H and O–H groups in total. The lowest BCUT2D eigenvalue weighted by atomic mass is 10.1. The van der Waals surface area contributed by atoms with Crippen LogP contribution in [-0.2, 0) is 6.54 Å². The second kappa shape index (κ2) is 4.79. The van der Waals surface area contributed by atoms with Gasteiger partial charge in [0.1, 0.15) is 5.82 Å². The van der Waals surface area contributed by atoms with Gasteiger partial charge in [-0.2, -0.15) is 5.10 Å². The minimum absolute atomic E-state index is 0.0806. The predicted molar refractivity (Wildman–Crippen MR) is 57.0 cm³/mol. The van der Waals surface area contributed by atoms with E-state index in [1.54, 1.807) is 0 Å². The van der Waals surface area contributed by atoms with E-state index in [1.165, 1.54) is 16.8 Å². The Morgan fingerprint density at radius 1 is 1.50 bits per heavy atom. The predicted octanol–water partition coefficient (Wildman–Crippen LogP) is 1.26. The number of nitrogens with two attached hydrogens (primary N) is 1. The largest absolute Gasteiger partial charge is 0.382 e. The number of hydrogen-bond acceptors (Lipinski definition) is 3. The summed E-state index contributed by atoms with van der Waals surface area (Å²) < 4.78 is 1.43. The second-order valence-corrected chi connectivity index (χ2v) is 3.86. The summed E-state index contributed by atoms with van der Waals surface area (Å²) in [6.45, 7) is 4.98. The zero-order valence-electron chi connectivity index (χ0n) is 8.73. The number of aryl methyl sites for hydroxylation is 1. The molecule has 0 atom stereocenters. The van der Waals surface area contributed by atoms with Gasteiger partial charge >= 0.3 is 0 Å². The molecule has 0 amide bonds. The third kappa shape index (κ3) is 3.20. The first kappa shape index (κ1) is 10.8. The lowest BCUT2D eigenvalue weighted by Gasteiger charge is -2.06. The Hall–Kier alpha value is -1.32. The van der Waals surface area contributed by atoms with Gasteiger partial charge in [0, 0.05) is 12.6 Å². The molecule has 0 unspecified atom stereocenters. The quantitative estimate of drug-likeness (QED) is 0.786. The molecule has 78 valence electrons. The van der Waals surface area contributed by atoms with Gasteiger partial charge in [0.15, 0.2) is 0 Å². The SMILES string of the molecule is CC(C)CCCn1nc(N)ccc1=O. The van der Waals surface area contributed by atoms with E-state index in [0.717, 1.165) is 12.8 Å². The van der Waals surface area contributed by atoms with Crippen molar-refractivity contribution in [2.75, 3.05) is 5.73 Å². The Balaban J connectivity index is 2.58. The molecule has 1 rings (SSSR count). The summed E-state index contributed by atoms with van der Waals surface area (Å²) in [4.78, 5) is 11.3. The van der Waals surface area contributed by atoms with E-state index in [9.17, 15) is 4.79 Å². The molecule has 0 bridgehead atoms. The fourth-order valence-corrected chi connectivity index (χ4v) is 1.27. The summed E-state index contributed by atoms with van der Waals surface area (Å²) in [7, 11) is 0. The van der Waals surface area contributed by atoms with Crippen LogP contribution in [0, 0.1) is 5.92 Å². The fourth-order valence-electron chi connectivity index (χ4n) is 1.27. The molecule has 0 saturated carbocycles. The maximum Gasteiger partial charge on any atom is 0.266 e. The number of rotatable bonds is 4.